The third kappa shape index (κ3) is 1.70. The van der Waals surface area contributed by atoms with Crippen LogP contribution in [-0.2, 0) is 11.3 Å². The van der Waals surface area contributed by atoms with Crippen LogP contribution >= 0.6 is 0 Å². The van der Waals surface area contributed by atoms with Crippen molar-refractivity contribution in [1.82, 2.24) is 20.2 Å². The van der Waals surface area contributed by atoms with Gasteiger partial charge in [-0.2, -0.15) is 0 Å². The lowest BCUT2D eigenvalue weighted by Gasteiger charge is -2.21. The van der Waals surface area contributed by atoms with Crippen LogP contribution in [0.25, 0.3) is 10.9 Å². The number of carbonyl (C=O) groups is 2. The molecule has 0 aliphatic carbocycles. The maximum Gasteiger partial charge on any atom is 0.322 e. The number of nitrogens with zero attached hydrogens (tertiary/aromatic N) is 2. The second-order valence-corrected chi connectivity index (χ2v) is 4.76. The molecule has 1 saturated heterocycles. The van der Waals surface area contributed by atoms with Crippen molar-refractivity contribution in [3.8, 4) is 5.88 Å². The maximum atomic E-state index is 11.7. The summed E-state index contributed by atoms with van der Waals surface area (Å²) < 4.78 is 1.50. The Labute approximate surface area is 108 Å². The lowest BCUT2D eigenvalue weighted by atomic mass is 10.0. The minimum absolute atomic E-state index is 0.0262. The number of amides is 3. The number of aromatic hydroxyl groups is 1. The average molecular weight is 260 g/mol. The number of aromatic nitrogens is 2. The number of pyridine rings is 1. The van der Waals surface area contributed by atoms with Crippen molar-refractivity contribution in [3.05, 3.63) is 24.5 Å². The predicted octanol–water partition coefficient (Wildman–Crippen LogP) is 0.340. The van der Waals surface area contributed by atoms with Crippen LogP contribution in [0, 0.1) is 0 Å². The summed E-state index contributed by atoms with van der Waals surface area (Å²) in [6.45, 7) is 1.73. The lowest BCUT2D eigenvalue weighted by Crippen LogP contribution is -2.47. The molecular weight excluding hydrogens is 248 g/mol. The molecule has 3 rings (SSSR count). The highest BCUT2D eigenvalue weighted by atomic mass is 16.3. The van der Waals surface area contributed by atoms with Crippen molar-refractivity contribution in [1.29, 1.82) is 0 Å². The van der Waals surface area contributed by atoms with Gasteiger partial charge in [0.15, 0.2) is 0 Å². The Balaban J connectivity index is 2.00. The van der Waals surface area contributed by atoms with Gasteiger partial charge in [-0.25, -0.2) is 4.79 Å². The van der Waals surface area contributed by atoms with Crippen LogP contribution in [-0.4, -0.2) is 32.1 Å². The van der Waals surface area contributed by atoms with Gasteiger partial charge in [0.05, 0.1) is 17.4 Å². The van der Waals surface area contributed by atoms with Gasteiger partial charge in [0.2, 0.25) is 5.88 Å². The Kier molecular flexibility index (Phi) is 2.25. The molecule has 0 bridgehead atoms. The van der Waals surface area contributed by atoms with Gasteiger partial charge >= 0.3 is 6.03 Å². The minimum atomic E-state index is -1.08. The van der Waals surface area contributed by atoms with Crippen LogP contribution in [0.2, 0.25) is 0 Å². The van der Waals surface area contributed by atoms with E-state index in [1.807, 2.05) is 0 Å². The van der Waals surface area contributed by atoms with Crippen molar-refractivity contribution in [2.45, 2.75) is 19.0 Å². The van der Waals surface area contributed by atoms with Gasteiger partial charge in [-0.05, 0) is 19.1 Å². The lowest BCUT2D eigenvalue weighted by molar-refractivity contribution is -0.123. The minimum Gasteiger partial charge on any atom is -0.494 e. The molecule has 0 spiro atoms. The molecule has 1 unspecified atom stereocenters. The monoisotopic (exact) mass is 260 g/mol. The fraction of sp³-hybridized carbons (Fsp3) is 0.250. The normalized spacial score (nSPS) is 22.6. The van der Waals surface area contributed by atoms with Crippen LogP contribution in [0.5, 0.6) is 5.88 Å². The maximum absolute atomic E-state index is 11.7. The van der Waals surface area contributed by atoms with E-state index in [1.165, 1.54) is 4.57 Å². The molecule has 0 aromatic carbocycles. The van der Waals surface area contributed by atoms with Gasteiger partial charge in [0, 0.05) is 12.4 Å². The van der Waals surface area contributed by atoms with E-state index in [-0.39, 0.29) is 12.4 Å². The number of hydrogen-bond donors (Lipinski definition) is 3. The van der Waals surface area contributed by atoms with Gasteiger partial charge < -0.3 is 15.0 Å². The van der Waals surface area contributed by atoms with Crippen LogP contribution in [0.3, 0.4) is 0 Å². The van der Waals surface area contributed by atoms with Crippen LogP contribution in [0.15, 0.2) is 24.5 Å². The topological polar surface area (TPSA) is 96.2 Å². The highest BCUT2D eigenvalue weighted by Crippen LogP contribution is 2.27. The fourth-order valence-electron chi connectivity index (χ4n) is 2.23. The Bertz CT molecular complexity index is 693. The van der Waals surface area contributed by atoms with Crippen LogP contribution in [0.1, 0.15) is 6.92 Å². The Hall–Kier alpha value is -2.57. The predicted molar refractivity (Wildman–Crippen MR) is 66.5 cm³/mol. The van der Waals surface area contributed by atoms with E-state index < -0.39 is 17.5 Å². The zero-order valence-corrected chi connectivity index (χ0v) is 10.2. The molecule has 1 atom stereocenters. The van der Waals surface area contributed by atoms with Crippen molar-refractivity contribution < 1.29 is 14.7 Å². The summed E-state index contributed by atoms with van der Waals surface area (Å²) in [5.74, 6) is -0.388. The van der Waals surface area contributed by atoms with E-state index in [9.17, 15) is 14.7 Å². The number of imide groups is 1. The number of rotatable bonds is 2. The number of nitrogens with one attached hydrogen (secondary N) is 2. The van der Waals surface area contributed by atoms with E-state index in [0.717, 1.165) is 0 Å². The summed E-state index contributed by atoms with van der Waals surface area (Å²) in [6.07, 6.45) is 3.27. The summed E-state index contributed by atoms with van der Waals surface area (Å²) in [5.41, 5.74) is -0.447. The largest absolute Gasteiger partial charge is 0.494 e. The molecule has 3 heterocycles. The SMILES string of the molecule is CC1(Cn2cc3ncccc3c2O)NC(=O)NC1=O. The van der Waals surface area contributed by atoms with Crippen molar-refractivity contribution in [2.75, 3.05) is 0 Å². The van der Waals surface area contributed by atoms with Gasteiger partial charge in [0.25, 0.3) is 5.91 Å². The molecule has 1 aliphatic rings. The van der Waals surface area contributed by atoms with E-state index in [2.05, 4.69) is 15.6 Å². The highest BCUT2D eigenvalue weighted by molar-refractivity contribution is 6.06. The first kappa shape index (κ1) is 11.5. The molecule has 2 aromatic rings. The van der Waals surface area contributed by atoms with E-state index in [0.29, 0.717) is 10.9 Å². The number of fused-ring (bicyclic) bond motifs is 1. The molecule has 3 N–H and O–H groups in total. The van der Waals surface area contributed by atoms with Crippen molar-refractivity contribution >= 4 is 22.8 Å². The molecule has 7 nitrogen and oxygen atoms in total. The molecule has 1 aliphatic heterocycles. The smallest absolute Gasteiger partial charge is 0.322 e. The number of hydrogen-bond acceptors (Lipinski definition) is 4. The Morgan fingerprint density at radius 1 is 1.47 bits per heavy atom. The quantitative estimate of drug-likeness (QED) is 0.678. The van der Waals surface area contributed by atoms with Gasteiger partial charge in [-0.15, -0.1) is 0 Å². The standard InChI is InChI=1S/C12H12N4O3/c1-12(10(18)14-11(19)15-12)6-16-5-8-7(9(16)17)3-2-4-13-8/h2-5,17H,6H2,1H3,(H2,14,15,18,19). The first-order valence-electron chi connectivity index (χ1n) is 5.76. The van der Waals surface area contributed by atoms with Crippen LogP contribution in [0.4, 0.5) is 4.79 Å². The third-order valence-electron chi connectivity index (χ3n) is 3.23. The Morgan fingerprint density at radius 3 is 2.89 bits per heavy atom. The second-order valence-electron chi connectivity index (χ2n) is 4.76. The van der Waals surface area contributed by atoms with Gasteiger partial charge in [-0.1, -0.05) is 0 Å². The zero-order chi connectivity index (χ0) is 13.6. The fourth-order valence-corrected chi connectivity index (χ4v) is 2.23. The first-order valence-corrected chi connectivity index (χ1v) is 5.76. The molecule has 0 saturated carbocycles. The Morgan fingerprint density at radius 2 is 2.26 bits per heavy atom. The average Bonchev–Trinajstić information content (AvgIpc) is 2.79. The molecule has 19 heavy (non-hydrogen) atoms. The highest BCUT2D eigenvalue weighted by Gasteiger charge is 2.42. The van der Waals surface area contributed by atoms with Crippen molar-refractivity contribution in [3.63, 3.8) is 0 Å². The zero-order valence-electron chi connectivity index (χ0n) is 10.2. The molecule has 98 valence electrons. The van der Waals surface area contributed by atoms with Crippen molar-refractivity contribution in [2.24, 2.45) is 0 Å². The van der Waals surface area contributed by atoms with Crippen LogP contribution < -0.4 is 10.6 Å². The van der Waals surface area contributed by atoms with E-state index in [4.69, 9.17) is 0 Å². The molecule has 2 aromatic heterocycles. The first-order chi connectivity index (χ1) is 8.99. The molecule has 3 amide bonds. The molecular formula is C12H12N4O3. The molecule has 0 radical (unpaired) electrons. The van der Waals surface area contributed by atoms with E-state index in [1.54, 1.807) is 31.5 Å². The number of urea groups is 1. The summed E-state index contributed by atoms with van der Waals surface area (Å²) in [6, 6.07) is 2.93. The summed E-state index contributed by atoms with van der Waals surface area (Å²) >= 11 is 0. The number of carbonyl (C=O) groups excluding carboxylic acids is 2. The summed E-state index contributed by atoms with van der Waals surface area (Å²) in [7, 11) is 0. The van der Waals surface area contributed by atoms with Gasteiger partial charge in [0.1, 0.15) is 5.54 Å². The molecule has 1 fully saturated rings. The third-order valence-corrected chi connectivity index (χ3v) is 3.23. The molecule has 7 heteroatoms. The summed E-state index contributed by atoms with van der Waals surface area (Å²) in [5, 5.41) is 15.4. The van der Waals surface area contributed by atoms with Gasteiger partial charge in [-0.3, -0.25) is 15.1 Å². The summed E-state index contributed by atoms with van der Waals surface area (Å²) in [4.78, 5) is 27.0. The van der Waals surface area contributed by atoms with E-state index >= 15 is 0 Å². The second kappa shape index (κ2) is 3.71.